The van der Waals surface area contributed by atoms with Crippen LogP contribution in [-0.2, 0) is 6.61 Å². The largest absolute Gasteiger partial charge is 0.388 e. The average Bonchev–Trinajstić information content (AvgIpc) is 2.92. The zero-order valence-electron chi connectivity index (χ0n) is 9.09. The highest BCUT2D eigenvalue weighted by molar-refractivity contribution is 7.71. The van der Waals surface area contributed by atoms with Gasteiger partial charge in [-0.25, -0.2) is 0 Å². The van der Waals surface area contributed by atoms with Gasteiger partial charge in [0.15, 0.2) is 10.6 Å². The molecule has 0 radical (unpaired) electrons. The summed E-state index contributed by atoms with van der Waals surface area (Å²) >= 11 is 5.25. The fourth-order valence-corrected chi connectivity index (χ4v) is 3.43. The van der Waals surface area contributed by atoms with Crippen LogP contribution in [0.15, 0.2) is 0 Å². The first-order chi connectivity index (χ1) is 7.81. The third kappa shape index (κ3) is 1.44. The second-order valence-corrected chi connectivity index (χ2v) is 4.96. The molecule has 2 aliphatic rings. The first-order valence-corrected chi connectivity index (χ1v) is 6.23. The summed E-state index contributed by atoms with van der Waals surface area (Å²) in [6, 6.07) is 0.991. The topological polar surface area (TPSA) is 57.1 Å². The smallest absolute Gasteiger partial charge is 0.195 e. The predicted molar refractivity (Wildman–Crippen MR) is 61.6 cm³/mol. The lowest BCUT2D eigenvalue weighted by Crippen LogP contribution is -2.28. The number of rotatable bonds is 2. The first kappa shape index (κ1) is 10.4. The number of hydrogen-bond acceptors (Lipinski definition) is 4. The highest BCUT2D eigenvalue weighted by Gasteiger charge is 2.39. The van der Waals surface area contributed by atoms with Crippen LogP contribution in [0.4, 0.5) is 0 Å². The minimum atomic E-state index is -0.0453. The second kappa shape index (κ2) is 3.94. The molecule has 5 nitrogen and oxygen atoms in total. The summed E-state index contributed by atoms with van der Waals surface area (Å²) in [7, 11) is 0. The van der Waals surface area contributed by atoms with Crippen molar-refractivity contribution in [2.24, 2.45) is 0 Å². The molecule has 0 spiro atoms. The lowest BCUT2D eigenvalue weighted by Gasteiger charge is -2.22. The number of aromatic nitrogens is 3. The summed E-state index contributed by atoms with van der Waals surface area (Å²) < 4.78 is 2.66. The van der Waals surface area contributed by atoms with Crippen LogP contribution in [0.25, 0.3) is 0 Å². The summed E-state index contributed by atoms with van der Waals surface area (Å²) in [5, 5.41) is 16.1. The van der Waals surface area contributed by atoms with Crippen LogP contribution in [0, 0.1) is 4.77 Å². The van der Waals surface area contributed by atoms with Gasteiger partial charge in [-0.1, -0.05) is 0 Å². The molecule has 0 amide bonds. The monoisotopic (exact) mass is 240 g/mol. The molecule has 1 aromatic heterocycles. The zero-order chi connectivity index (χ0) is 11.1. The third-order valence-corrected chi connectivity index (χ3v) is 4.11. The molecule has 2 N–H and O–H groups in total. The van der Waals surface area contributed by atoms with Gasteiger partial charge >= 0.3 is 0 Å². The van der Waals surface area contributed by atoms with E-state index in [9.17, 15) is 5.11 Å². The highest BCUT2D eigenvalue weighted by Crippen LogP contribution is 2.36. The SMILES string of the molecule is OCc1n[nH]c(=S)n1C1CCN2CCCC12. The normalized spacial score (nSPS) is 29.8. The van der Waals surface area contributed by atoms with Crippen molar-refractivity contribution in [1.29, 1.82) is 0 Å². The Labute approximate surface area is 99.1 Å². The Kier molecular flexibility index (Phi) is 2.57. The summed E-state index contributed by atoms with van der Waals surface area (Å²) in [4.78, 5) is 2.53. The molecule has 0 aliphatic carbocycles. The van der Waals surface area contributed by atoms with Gasteiger partial charge in [0, 0.05) is 12.6 Å². The second-order valence-electron chi connectivity index (χ2n) is 4.57. The standard InChI is InChI=1S/C10H16N4OS/c15-6-9-11-12-10(16)14(9)8-3-5-13-4-1-2-7(8)13/h7-8,15H,1-6H2,(H,12,16). The maximum Gasteiger partial charge on any atom is 0.195 e. The summed E-state index contributed by atoms with van der Waals surface area (Å²) in [6.45, 7) is 2.31. The zero-order valence-corrected chi connectivity index (χ0v) is 9.91. The number of nitrogens with zero attached hydrogens (tertiary/aromatic N) is 3. The molecule has 2 saturated heterocycles. The summed E-state index contributed by atoms with van der Waals surface area (Å²) in [6.07, 6.45) is 3.63. The van der Waals surface area contributed by atoms with Crippen LogP contribution in [0.2, 0.25) is 0 Å². The van der Waals surface area contributed by atoms with E-state index in [2.05, 4.69) is 15.1 Å². The van der Waals surface area contributed by atoms with E-state index in [1.54, 1.807) is 0 Å². The van der Waals surface area contributed by atoms with Crippen molar-refractivity contribution in [3.05, 3.63) is 10.6 Å². The van der Waals surface area contributed by atoms with E-state index in [0.717, 1.165) is 13.0 Å². The van der Waals surface area contributed by atoms with Gasteiger partial charge in [0.05, 0.1) is 6.04 Å². The molecule has 1 aromatic rings. The maximum atomic E-state index is 9.27. The summed E-state index contributed by atoms with van der Waals surface area (Å²) in [5.41, 5.74) is 0. The fourth-order valence-electron chi connectivity index (χ4n) is 3.15. The maximum absolute atomic E-state index is 9.27. The number of aromatic amines is 1. The molecule has 0 aromatic carbocycles. The number of hydrogen-bond donors (Lipinski definition) is 2. The Bertz CT molecular complexity index is 440. The van der Waals surface area contributed by atoms with Crippen molar-refractivity contribution in [2.75, 3.05) is 13.1 Å². The summed E-state index contributed by atoms with van der Waals surface area (Å²) in [5.74, 6) is 0.670. The number of fused-ring (bicyclic) bond motifs is 1. The van der Waals surface area contributed by atoms with Crippen molar-refractivity contribution in [3.63, 3.8) is 0 Å². The van der Waals surface area contributed by atoms with Crippen LogP contribution >= 0.6 is 12.2 Å². The number of aliphatic hydroxyl groups excluding tert-OH is 1. The lowest BCUT2D eigenvalue weighted by molar-refractivity contribution is 0.247. The van der Waals surface area contributed by atoms with Crippen LogP contribution in [-0.4, -0.2) is 43.9 Å². The van der Waals surface area contributed by atoms with Crippen molar-refractivity contribution in [2.45, 2.75) is 38.0 Å². The van der Waals surface area contributed by atoms with E-state index in [4.69, 9.17) is 12.2 Å². The number of nitrogens with one attached hydrogen (secondary N) is 1. The predicted octanol–water partition coefficient (Wildman–Crippen LogP) is 0.842. The van der Waals surface area contributed by atoms with Crippen LogP contribution in [0.3, 0.4) is 0 Å². The van der Waals surface area contributed by atoms with Crippen LogP contribution in [0.5, 0.6) is 0 Å². The molecule has 6 heteroatoms. The first-order valence-electron chi connectivity index (χ1n) is 5.82. The minimum Gasteiger partial charge on any atom is -0.388 e. The van der Waals surface area contributed by atoms with Gasteiger partial charge in [0.1, 0.15) is 6.61 Å². The third-order valence-electron chi connectivity index (χ3n) is 3.82. The van der Waals surface area contributed by atoms with Gasteiger partial charge in [0.25, 0.3) is 0 Å². The molecule has 2 atom stereocenters. The number of aliphatic hydroxyl groups is 1. The Morgan fingerprint density at radius 3 is 3.06 bits per heavy atom. The van der Waals surface area contributed by atoms with Crippen LogP contribution in [0.1, 0.15) is 31.1 Å². The molecule has 2 unspecified atom stereocenters. The van der Waals surface area contributed by atoms with Gasteiger partial charge in [-0.3, -0.25) is 14.6 Å². The fraction of sp³-hybridized carbons (Fsp3) is 0.800. The van der Waals surface area contributed by atoms with E-state index >= 15 is 0 Å². The lowest BCUT2D eigenvalue weighted by atomic mass is 10.1. The Morgan fingerprint density at radius 1 is 1.38 bits per heavy atom. The molecule has 2 fully saturated rings. The number of H-pyrrole nitrogens is 1. The van der Waals surface area contributed by atoms with Crippen LogP contribution < -0.4 is 0 Å². The van der Waals surface area contributed by atoms with Gasteiger partial charge in [-0.2, -0.15) is 5.10 Å². The van der Waals surface area contributed by atoms with Gasteiger partial charge in [-0.15, -0.1) is 0 Å². The van der Waals surface area contributed by atoms with E-state index < -0.39 is 0 Å². The van der Waals surface area contributed by atoms with E-state index in [-0.39, 0.29) is 6.61 Å². The molecule has 0 bridgehead atoms. The van der Waals surface area contributed by atoms with Crippen molar-refractivity contribution in [1.82, 2.24) is 19.7 Å². The highest BCUT2D eigenvalue weighted by atomic mass is 32.1. The molecule has 0 saturated carbocycles. The molecular weight excluding hydrogens is 224 g/mol. The average molecular weight is 240 g/mol. The van der Waals surface area contributed by atoms with Crippen molar-refractivity contribution in [3.8, 4) is 0 Å². The molecule has 16 heavy (non-hydrogen) atoms. The van der Waals surface area contributed by atoms with Crippen molar-refractivity contribution < 1.29 is 5.11 Å². The van der Waals surface area contributed by atoms with E-state index in [0.29, 0.717) is 22.7 Å². The van der Waals surface area contributed by atoms with Gasteiger partial charge in [0.2, 0.25) is 0 Å². The Morgan fingerprint density at radius 2 is 2.25 bits per heavy atom. The molecule has 2 aliphatic heterocycles. The van der Waals surface area contributed by atoms with E-state index in [1.807, 2.05) is 4.57 Å². The van der Waals surface area contributed by atoms with Gasteiger partial charge < -0.3 is 5.11 Å². The van der Waals surface area contributed by atoms with E-state index in [1.165, 1.54) is 19.4 Å². The minimum absolute atomic E-state index is 0.0453. The van der Waals surface area contributed by atoms with Gasteiger partial charge in [-0.05, 0) is 38.0 Å². The molecule has 3 rings (SSSR count). The quantitative estimate of drug-likeness (QED) is 0.752. The molecular formula is C10H16N4OS. The molecule has 3 heterocycles. The van der Waals surface area contributed by atoms with Crippen molar-refractivity contribution >= 4 is 12.2 Å². The Hall–Kier alpha value is -0.720. The molecule has 88 valence electrons. The Balaban J connectivity index is 1.97.